The molecule has 0 aliphatic carbocycles. The lowest BCUT2D eigenvalue weighted by atomic mass is 10.1. The van der Waals surface area contributed by atoms with E-state index < -0.39 is 5.97 Å². The SMILES string of the molecule is CC(=CCOc1ccc2ccccc2c1)C(=O)O. The van der Waals surface area contributed by atoms with Crippen LogP contribution in [-0.2, 0) is 4.79 Å². The van der Waals surface area contributed by atoms with Crippen LogP contribution in [0.2, 0.25) is 0 Å². The third kappa shape index (κ3) is 2.88. The Morgan fingerprint density at radius 3 is 2.67 bits per heavy atom. The highest BCUT2D eigenvalue weighted by atomic mass is 16.5. The maximum atomic E-state index is 10.6. The van der Waals surface area contributed by atoms with Gasteiger partial charge in [-0.1, -0.05) is 30.3 Å². The molecule has 18 heavy (non-hydrogen) atoms. The predicted molar refractivity (Wildman–Crippen MR) is 70.8 cm³/mol. The third-order valence-corrected chi connectivity index (χ3v) is 2.70. The van der Waals surface area contributed by atoms with Crippen molar-refractivity contribution < 1.29 is 14.6 Å². The van der Waals surface area contributed by atoms with Crippen molar-refractivity contribution in [2.45, 2.75) is 6.92 Å². The molecule has 2 aromatic rings. The van der Waals surface area contributed by atoms with Crippen LogP contribution in [0.4, 0.5) is 0 Å². The summed E-state index contributed by atoms with van der Waals surface area (Å²) in [5, 5.41) is 11.0. The zero-order valence-electron chi connectivity index (χ0n) is 10.1. The van der Waals surface area contributed by atoms with E-state index in [4.69, 9.17) is 9.84 Å². The first-order chi connectivity index (χ1) is 8.66. The fourth-order valence-electron chi connectivity index (χ4n) is 1.61. The van der Waals surface area contributed by atoms with Gasteiger partial charge in [-0.3, -0.25) is 0 Å². The molecule has 0 radical (unpaired) electrons. The number of benzene rings is 2. The monoisotopic (exact) mass is 242 g/mol. The van der Waals surface area contributed by atoms with Crippen molar-refractivity contribution in [3.05, 3.63) is 54.1 Å². The number of aliphatic carboxylic acids is 1. The number of hydrogen-bond donors (Lipinski definition) is 1. The summed E-state index contributed by atoms with van der Waals surface area (Å²) in [6.45, 7) is 1.81. The second-order valence-corrected chi connectivity index (χ2v) is 4.01. The Morgan fingerprint density at radius 2 is 1.94 bits per heavy atom. The fraction of sp³-hybridized carbons (Fsp3) is 0.133. The van der Waals surface area contributed by atoms with Crippen molar-refractivity contribution in [2.75, 3.05) is 6.61 Å². The second-order valence-electron chi connectivity index (χ2n) is 4.01. The van der Waals surface area contributed by atoms with Gasteiger partial charge in [0.25, 0.3) is 0 Å². The van der Waals surface area contributed by atoms with Crippen LogP contribution >= 0.6 is 0 Å². The van der Waals surface area contributed by atoms with Crippen LogP contribution in [-0.4, -0.2) is 17.7 Å². The molecule has 3 heteroatoms. The zero-order valence-corrected chi connectivity index (χ0v) is 10.1. The summed E-state index contributed by atoms with van der Waals surface area (Å²) < 4.78 is 5.50. The molecule has 0 saturated carbocycles. The van der Waals surface area contributed by atoms with Crippen LogP contribution in [0, 0.1) is 0 Å². The van der Waals surface area contributed by atoms with Gasteiger partial charge in [0.1, 0.15) is 12.4 Å². The van der Waals surface area contributed by atoms with Crippen LogP contribution in [0.5, 0.6) is 5.75 Å². The van der Waals surface area contributed by atoms with Crippen LogP contribution in [0.15, 0.2) is 54.1 Å². The van der Waals surface area contributed by atoms with Crippen LogP contribution < -0.4 is 4.74 Å². The number of carboxylic acid groups (broad SMARTS) is 1. The zero-order chi connectivity index (χ0) is 13.0. The average molecular weight is 242 g/mol. The van der Waals surface area contributed by atoms with E-state index in [9.17, 15) is 4.79 Å². The number of fused-ring (bicyclic) bond motifs is 1. The molecular formula is C15H14O3. The molecule has 0 unspecified atom stereocenters. The van der Waals surface area contributed by atoms with Gasteiger partial charge >= 0.3 is 5.97 Å². The van der Waals surface area contributed by atoms with E-state index in [-0.39, 0.29) is 12.2 Å². The number of ether oxygens (including phenoxy) is 1. The number of carbonyl (C=O) groups is 1. The summed E-state index contributed by atoms with van der Waals surface area (Å²) in [4.78, 5) is 10.6. The predicted octanol–water partition coefficient (Wildman–Crippen LogP) is 3.25. The molecule has 0 bridgehead atoms. The number of carboxylic acids is 1. The normalized spacial score (nSPS) is 11.5. The summed E-state index contributed by atoms with van der Waals surface area (Å²) >= 11 is 0. The molecule has 0 aliphatic rings. The van der Waals surface area contributed by atoms with Gasteiger partial charge in [0, 0.05) is 5.57 Å². The lowest BCUT2D eigenvalue weighted by molar-refractivity contribution is -0.132. The van der Waals surface area contributed by atoms with E-state index in [1.165, 1.54) is 0 Å². The molecule has 2 rings (SSSR count). The lowest BCUT2D eigenvalue weighted by Crippen LogP contribution is -2.00. The smallest absolute Gasteiger partial charge is 0.331 e. The Bertz CT molecular complexity index is 599. The summed E-state index contributed by atoms with van der Waals surface area (Å²) in [5.74, 6) is -0.180. The molecule has 3 nitrogen and oxygen atoms in total. The molecule has 0 fully saturated rings. The van der Waals surface area contributed by atoms with E-state index in [2.05, 4.69) is 0 Å². The van der Waals surface area contributed by atoms with E-state index in [1.807, 2.05) is 42.5 Å². The molecule has 0 spiro atoms. The Kier molecular flexibility index (Phi) is 3.63. The van der Waals surface area contributed by atoms with E-state index in [1.54, 1.807) is 13.0 Å². The van der Waals surface area contributed by atoms with Crippen LogP contribution in [0.3, 0.4) is 0 Å². The first kappa shape index (κ1) is 12.2. The molecule has 2 aromatic carbocycles. The van der Waals surface area contributed by atoms with Crippen LogP contribution in [0.25, 0.3) is 10.8 Å². The van der Waals surface area contributed by atoms with Crippen molar-refractivity contribution >= 4 is 16.7 Å². The van der Waals surface area contributed by atoms with Gasteiger partial charge in [-0.2, -0.15) is 0 Å². The highest BCUT2D eigenvalue weighted by Crippen LogP contribution is 2.20. The quantitative estimate of drug-likeness (QED) is 0.837. The van der Waals surface area contributed by atoms with Crippen molar-refractivity contribution in [1.82, 2.24) is 0 Å². The van der Waals surface area contributed by atoms with Gasteiger partial charge in [0.2, 0.25) is 0 Å². The van der Waals surface area contributed by atoms with Crippen molar-refractivity contribution in [2.24, 2.45) is 0 Å². The topological polar surface area (TPSA) is 46.5 Å². The van der Waals surface area contributed by atoms with Crippen LogP contribution in [0.1, 0.15) is 6.92 Å². The maximum absolute atomic E-state index is 10.6. The van der Waals surface area contributed by atoms with E-state index in [0.29, 0.717) is 0 Å². The number of hydrogen-bond acceptors (Lipinski definition) is 2. The minimum absolute atomic E-state index is 0.260. The van der Waals surface area contributed by atoms with Gasteiger partial charge in [0.15, 0.2) is 0 Å². The van der Waals surface area contributed by atoms with Crippen molar-refractivity contribution in [3.8, 4) is 5.75 Å². The molecular weight excluding hydrogens is 228 g/mol. The molecule has 1 N–H and O–H groups in total. The van der Waals surface area contributed by atoms with Gasteiger partial charge in [-0.15, -0.1) is 0 Å². The van der Waals surface area contributed by atoms with E-state index in [0.717, 1.165) is 16.5 Å². The van der Waals surface area contributed by atoms with Gasteiger partial charge in [-0.05, 0) is 35.9 Å². The molecule has 0 heterocycles. The molecule has 0 aliphatic heterocycles. The molecule has 0 atom stereocenters. The number of rotatable bonds is 4. The Hall–Kier alpha value is -2.29. The molecule has 92 valence electrons. The third-order valence-electron chi connectivity index (χ3n) is 2.70. The maximum Gasteiger partial charge on any atom is 0.331 e. The summed E-state index contributed by atoms with van der Waals surface area (Å²) in [5.41, 5.74) is 0.288. The molecule has 0 aromatic heterocycles. The van der Waals surface area contributed by atoms with Gasteiger partial charge < -0.3 is 9.84 Å². The lowest BCUT2D eigenvalue weighted by Gasteiger charge is -2.05. The van der Waals surface area contributed by atoms with Gasteiger partial charge in [0.05, 0.1) is 0 Å². The summed E-state index contributed by atoms with van der Waals surface area (Å²) in [6, 6.07) is 13.8. The molecule has 0 saturated heterocycles. The largest absolute Gasteiger partial charge is 0.489 e. The Balaban J connectivity index is 2.08. The van der Waals surface area contributed by atoms with Gasteiger partial charge in [-0.25, -0.2) is 4.79 Å². The average Bonchev–Trinajstić information content (AvgIpc) is 2.38. The Labute approximate surface area is 105 Å². The fourth-order valence-corrected chi connectivity index (χ4v) is 1.61. The standard InChI is InChI=1S/C15H14O3/c1-11(15(16)17)8-9-18-14-7-6-12-4-2-3-5-13(12)10-14/h2-8,10H,9H2,1H3,(H,16,17). The summed E-state index contributed by atoms with van der Waals surface area (Å²) in [7, 11) is 0. The van der Waals surface area contributed by atoms with Crippen molar-refractivity contribution in [1.29, 1.82) is 0 Å². The minimum atomic E-state index is -0.919. The van der Waals surface area contributed by atoms with E-state index >= 15 is 0 Å². The first-order valence-corrected chi connectivity index (χ1v) is 5.68. The highest BCUT2D eigenvalue weighted by molar-refractivity contribution is 5.85. The summed E-state index contributed by atoms with van der Waals surface area (Å²) in [6.07, 6.45) is 1.55. The molecule has 0 amide bonds. The Morgan fingerprint density at radius 1 is 1.22 bits per heavy atom. The highest BCUT2D eigenvalue weighted by Gasteiger charge is 1.99. The first-order valence-electron chi connectivity index (χ1n) is 5.68. The second kappa shape index (κ2) is 5.36. The minimum Gasteiger partial charge on any atom is -0.489 e. The van der Waals surface area contributed by atoms with Crippen molar-refractivity contribution in [3.63, 3.8) is 0 Å².